The van der Waals surface area contributed by atoms with Crippen molar-refractivity contribution in [3.05, 3.63) is 29.3 Å². The maximum atomic E-state index is 11.8. The number of benzene rings is 1. The van der Waals surface area contributed by atoms with E-state index < -0.39 is 15.6 Å². The summed E-state index contributed by atoms with van der Waals surface area (Å²) in [5.41, 5.74) is -0.544. The van der Waals surface area contributed by atoms with E-state index in [1.807, 2.05) is 0 Å². The number of carbonyl (C=O) groups excluding carboxylic acids is 1. The van der Waals surface area contributed by atoms with Crippen molar-refractivity contribution in [3.63, 3.8) is 0 Å². The topological polar surface area (TPSA) is 75.7 Å². The molecule has 1 aromatic carbocycles. The Morgan fingerprint density at radius 2 is 1.83 bits per heavy atom. The molecule has 23 heavy (non-hydrogen) atoms. The lowest BCUT2D eigenvalue weighted by atomic mass is 10.1. The van der Waals surface area contributed by atoms with Gasteiger partial charge in [0.1, 0.15) is 5.75 Å². The highest BCUT2D eigenvalue weighted by Crippen LogP contribution is 2.16. The average molecular weight is 363 g/mol. The first-order valence-electron chi connectivity index (χ1n) is 7.13. The van der Waals surface area contributed by atoms with Gasteiger partial charge < -0.3 is 10.1 Å². The summed E-state index contributed by atoms with van der Waals surface area (Å²) in [6.45, 7) is 5.69. The number of hydrogen-bond acceptors (Lipinski definition) is 4. The standard InChI is InChI=1S/C15H23ClN2O4S/c1-15(2,3)18(23(4,20)21)10-9-17-14(19)11-22-13-7-5-12(16)6-8-13/h5-8H,9-11H2,1-4H3,(H,17,19). The normalized spacial score (nSPS) is 12.3. The van der Waals surface area contributed by atoms with Crippen LogP contribution in [0.4, 0.5) is 0 Å². The van der Waals surface area contributed by atoms with Gasteiger partial charge in [-0.25, -0.2) is 8.42 Å². The van der Waals surface area contributed by atoms with Crippen molar-refractivity contribution in [1.82, 2.24) is 9.62 Å². The minimum atomic E-state index is -3.34. The molecule has 6 nitrogen and oxygen atoms in total. The van der Waals surface area contributed by atoms with Gasteiger partial charge in [0.05, 0.1) is 6.26 Å². The van der Waals surface area contributed by atoms with E-state index in [1.54, 1.807) is 45.0 Å². The maximum absolute atomic E-state index is 11.8. The lowest BCUT2D eigenvalue weighted by Gasteiger charge is -2.33. The van der Waals surface area contributed by atoms with Crippen molar-refractivity contribution in [2.75, 3.05) is 26.0 Å². The highest BCUT2D eigenvalue weighted by molar-refractivity contribution is 7.88. The zero-order valence-corrected chi connectivity index (χ0v) is 15.4. The van der Waals surface area contributed by atoms with Gasteiger partial charge in [0.2, 0.25) is 10.0 Å². The number of nitrogens with zero attached hydrogens (tertiary/aromatic N) is 1. The van der Waals surface area contributed by atoms with Gasteiger partial charge in [-0.2, -0.15) is 4.31 Å². The number of sulfonamides is 1. The Morgan fingerprint density at radius 3 is 2.30 bits per heavy atom. The smallest absolute Gasteiger partial charge is 0.257 e. The Labute approximate surface area is 142 Å². The molecule has 0 aliphatic carbocycles. The average Bonchev–Trinajstić information content (AvgIpc) is 2.40. The minimum absolute atomic E-state index is 0.143. The second kappa shape index (κ2) is 7.99. The molecule has 0 aromatic heterocycles. The third-order valence-corrected chi connectivity index (χ3v) is 4.75. The monoisotopic (exact) mass is 362 g/mol. The molecule has 0 aliphatic heterocycles. The number of ether oxygens (including phenoxy) is 1. The fourth-order valence-electron chi connectivity index (χ4n) is 2.03. The molecule has 0 fully saturated rings. The second-order valence-corrected chi connectivity index (χ2v) is 8.44. The van der Waals surface area contributed by atoms with Crippen molar-refractivity contribution >= 4 is 27.5 Å². The van der Waals surface area contributed by atoms with E-state index in [4.69, 9.17) is 16.3 Å². The SMILES string of the molecule is CC(C)(C)N(CCNC(=O)COc1ccc(Cl)cc1)S(C)(=O)=O. The summed E-state index contributed by atoms with van der Waals surface area (Å²) in [6, 6.07) is 6.67. The van der Waals surface area contributed by atoms with Crippen LogP contribution in [0.3, 0.4) is 0 Å². The molecule has 0 bridgehead atoms. The Bertz CT molecular complexity index is 624. The molecule has 130 valence electrons. The van der Waals surface area contributed by atoms with Gasteiger partial charge in [-0.3, -0.25) is 4.79 Å². The predicted molar refractivity (Wildman–Crippen MR) is 91.3 cm³/mol. The lowest BCUT2D eigenvalue weighted by Crippen LogP contribution is -2.48. The fraction of sp³-hybridized carbons (Fsp3) is 0.533. The molecule has 1 amide bonds. The van der Waals surface area contributed by atoms with Gasteiger partial charge in [0, 0.05) is 23.7 Å². The first-order chi connectivity index (χ1) is 10.5. The Kier molecular flexibility index (Phi) is 6.85. The van der Waals surface area contributed by atoms with E-state index in [-0.39, 0.29) is 25.6 Å². The molecule has 0 aliphatic rings. The third-order valence-electron chi connectivity index (χ3n) is 2.97. The second-order valence-electron chi connectivity index (χ2n) is 6.10. The van der Waals surface area contributed by atoms with Crippen molar-refractivity contribution in [2.24, 2.45) is 0 Å². The van der Waals surface area contributed by atoms with Gasteiger partial charge in [-0.15, -0.1) is 0 Å². The quantitative estimate of drug-likeness (QED) is 0.803. The fourth-order valence-corrected chi connectivity index (χ4v) is 3.57. The Balaban J connectivity index is 2.42. The number of halogens is 1. The molecule has 1 N–H and O–H groups in total. The van der Waals surface area contributed by atoms with Gasteiger partial charge in [0.15, 0.2) is 6.61 Å². The lowest BCUT2D eigenvalue weighted by molar-refractivity contribution is -0.123. The summed E-state index contributed by atoms with van der Waals surface area (Å²) in [5.74, 6) is 0.222. The van der Waals surface area contributed by atoms with Crippen molar-refractivity contribution < 1.29 is 17.9 Å². The van der Waals surface area contributed by atoms with E-state index in [0.29, 0.717) is 10.8 Å². The Morgan fingerprint density at radius 1 is 1.26 bits per heavy atom. The summed E-state index contributed by atoms with van der Waals surface area (Å²) < 4.78 is 30.2. The van der Waals surface area contributed by atoms with Gasteiger partial charge in [-0.1, -0.05) is 11.6 Å². The van der Waals surface area contributed by atoms with E-state index >= 15 is 0 Å². The van der Waals surface area contributed by atoms with Crippen LogP contribution in [0, 0.1) is 0 Å². The number of nitrogens with one attached hydrogen (secondary N) is 1. The number of amides is 1. The molecule has 0 atom stereocenters. The van der Waals surface area contributed by atoms with Crippen LogP contribution in [-0.2, 0) is 14.8 Å². The minimum Gasteiger partial charge on any atom is -0.484 e. The van der Waals surface area contributed by atoms with Crippen LogP contribution in [0.1, 0.15) is 20.8 Å². The van der Waals surface area contributed by atoms with E-state index in [9.17, 15) is 13.2 Å². The third kappa shape index (κ3) is 7.20. The predicted octanol–water partition coefficient (Wildman–Crippen LogP) is 1.90. The first kappa shape index (κ1) is 19.7. The van der Waals surface area contributed by atoms with Gasteiger partial charge >= 0.3 is 0 Å². The van der Waals surface area contributed by atoms with E-state index in [1.165, 1.54) is 4.31 Å². The molecule has 1 rings (SSSR count). The number of hydrogen-bond donors (Lipinski definition) is 1. The van der Waals surface area contributed by atoms with E-state index in [2.05, 4.69) is 5.32 Å². The maximum Gasteiger partial charge on any atom is 0.257 e. The molecule has 0 saturated carbocycles. The Hall–Kier alpha value is -1.31. The molecular weight excluding hydrogens is 340 g/mol. The summed E-state index contributed by atoms with van der Waals surface area (Å²) in [6.07, 6.45) is 1.16. The van der Waals surface area contributed by atoms with Crippen LogP contribution in [0.25, 0.3) is 0 Å². The zero-order valence-electron chi connectivity index (χ0n) is 13.8. The molecular formula is C15H23ClN2O4S. The van der Waals surface area contributed by atoms with Crippen LogP contribution in [0.15, 0.2) is 24.3 Å². The van der Waals surface area contributed by atoms with Crippen LogP contribution >= 0.6 is 11.6 Å². The molecule has 1 aromatic rings. The number of rotatable bonds is 7. The van der Waals surface area contributed by atoms with Crippen LogP contribution in [0.2, 0.25) is 5.02 Å². The zero-order chi connectivity index (χ0) is 17.7. The summed E-state index contributed by atoms with van der Waals surface area (Å²) in [4.78, 5) is 11.7. The van der Waals surface area contributed by atoms with Gasteiger partial charge in [0.25, 0.3) is 5.91 Å². The highest BCUT2D eigenvalue weighted by atomic mass is 35.5. The van der Waals surface area contributed by atoms with Gasteiger partial charge in [-0.05, 0) is 45.0 Å². The van der Waals surface area contributed by atoms with Crippen LogP contribution in [-0.4, -0.2) is 50.1 Å². The summed E-state index contributed by atoms with van der Waals surface area (Å²) in [7, 11) is -3.34. The van der Waals surface area contributed by atoms with Crippen molar-refractivity contribution in [1.29, 1.82) is 0 Å². The summed E-state index contributed by atoms with van der Waals surface area (Å²) >= 11 is 5.76. The first-order valence-corrected chi connectivity index (χ1v) is 9.35. The molecule has 0 heterocycles. The van der Waals surface area contributed by atoms with Crippen LogP contribution < -0.4 is 10.1 Å². The highest BCUT2D eigenvalue weighted by Gasteiger charge is 2.28. The largest absolute Gasteiger partial charge is 0.484 e. The van der Waals surface area contributed by atoms with Crippen molar-refractivity contribution in [2.45, 2.75) is 26.3 Å². The molecule has 0 saturated heterocycles. The number of carbonyl (C=O) groups is 1. The molecule has 0 radical (unpaired) electrons. The van der Waals surface area contributed by atoms with Crippen LogP contribution in [0.5, 0.6) is 5.75 Å². The molecule has 0 unspecified atom stereocenters. The van der Waals surface area contributed by atoms with Crippen molar-refractivity contribution in [3.8, 4) is 5.75 Å². The molecule has 8 heteroatoms. The summed E-state index contributed by atoms with van der Waals surface area (Å²) in [5, 5.41) is 3.23. The van der Waals surface area contributed by atoms with E-state index in [0.717, 1.165) is 6.26 Å². The molecule has 0 spiro atoms.